The monoisotopic (exact) mass is 767 g/mol. The van der Waals surface area contributed by atoms with E-state index in [0.29, 0.717) is 28.0 Å². The molecule has 1 saturated carbocycles. The summed E-state index contributed by atoms with van der Waals surface area (Å²) in [4.78, 5) is 31.5. The fourth-order valence-corrected chi connectivity index (χ4v) is 8.57. The van der Waals surface area contributed by atoms with Crippen molar-refractivity contribution in [1.82, 2.24) is 10.2 Å². The van der Waals surface area contributed by atoms with E-state index in [1.54, 1.807) is 54.6 Å². The first-order chi connectivity index (χ1) is 24.6. The molecule has 0 radical (unpaired) electrons. The fourth-order valence-electron chi connectivity index (χ4n) is 6.23. The average Bonchev–Trinajstić information content (AvgIpc) is 3.14. The van der Waals surface area contributed by atoms with Crippen LogP contribution in [-0.2, 0) is 32.6 Å². The van der Waals surface area contributed by atoms with Crippen LogP contribution < -0.4 is 14.4 Å². The van der Waals surface area contributed by atoms with Crippen LogP contribution in [0.4, 0.5) is 5.69 Å². The lowest BCUT2D eigenvalue weighted by atomic mass is 9.94. The number of rotatable bonds is 15. The van der Waals surface area contributed by atoms with Crippen molar-refractivity contribution < 1.29 is 22.7 Å². The zero-order valence-electron chi connectivity index (χ0n) is 28.8. The van der Waals surface area contributed by atoms with Crippen LogP contribution >= 0.6 is 35.0 Å². The number of nitrogens with zero attached hydrogens (tertiary/aromatic N) is 2. The molecule has 4 aromatic rings. The summed E-state index contributed by atoms with van der Waals surface area (Å²) in [5, 5.41) is 3.87. The number of halogens is 2. The van der Waals surface area contributed by atoms with Gasteiger partial charge in [-0.2, -0.15) is 0 Å². The molecule has 0 heterocycles. The van der Waals surface area contributed by atoms with Crippen LogP contribution in [0, 0.1) is 0 Å². The van der Waals surface area contributed by atoms with Gasteiger partial charge in [0.2, 0.25) is 11.8 Å². The smallest absolute Gasteiger partial charge is 0.264 e. The standard InChI is InChI=1S/C39H43Cl2N3O5S2/c1-3-49-31-19-17-30(18-20-31)44(51(47,48)33-23-21-32(50-2)22-24-33)27-38(45)43(26-34-35(40)15-10-16-36(34)41)37(25-28-11-6-4-7-12-28)39(46)42-29-13-8-5-9-14-29/h4,6-7,10-12,15-24,29,37H,3,5,8-9,13-14,25-27H2,1-2H3,(H,42,46). The Morgan fingerprint density at radius 3 is 2.14 bits per heavy atom. The third-order valence-corrected chi connectivity index (χ3v) is 12.2. The molecule has 2 amide bonds. The fraction of sp³-hybridized carbons (Fsp3) is 0.333. The van der Waals surface area contributed by atoms with Crippen molar-refractivity contribution in [1.29, 1.82) is 0 Å². The van der Waals surface area contributed by atoms with E-state index in [1.807, 2.05) is 43.5 Å². The normalized spacial score (nSPS) is 14.0. The third-order valence-electron chi connectivity index (χ3n) is 8.97. The highest BCUT2D eigenvalue weighted by atomic mass is 35.5. The highest BCUT2D eigenvalue weighted by molar-refractivity contribution is 7.98. The maximum Gasteiger partial charge on any atom is 0.264 e. The first-order valence-corrected chi connectivity index (χ1v) is 20.5. The lowest BCUT2D eigenvalue weighted by Gasteiger charge is -2.35. The Morgan fingerprint density at radius 1 is 0.882 bits per heavy atom. The zero-order chi connectivity index (χ0) is 36.4. The minimum Gasteiger partial charge on any atom is -0.494 e. The average molecular weight is 769 g/mol. The molecule has 1 fully saturated rings. The van der Waals surface area contributed by atoms with Crippen LogP contribution in [0.5, 0.6) is 5.75 Å². The number of carbonyl (C=O) groups is 2. The molecule has 1 unspecified atom stereocenters. The van der Waals surface area contributed by atoms with Gasteiger partial charge in [-0.1, -0.05) is 78.9 Å². The molecule has 8 nitrogen and oxygen atoms in total. The highest BCUT2D eigenvalue weighted by Gasteiger charge is 2.36. The van der Waals surface area contributed by atoms with E-state index in [4.69, 9.17) is 27.9 Å². The Kier molecular flexibility index (Phi) is 13.7. The first kappa shape index (κ1) is 38.5. The molecule has 0 aliphatic heterocycles. The third kappa shape index (κ3) is 10.0. The molecule has 270 valence electrons. The predicted octanol–water partition coefficient (Wildman–Crippen LogP) is 8.40. The maximum atomic E-state index is 14.9. The van der Waals surface area contributed by atoms with Gasteiger partial charge in [0.15, 0.2) is 0 Å². The molecule has 12 heteroatoms. The molecule has 5 rings (SSSR count). The van der Waals surface area contributed by atoms with Gasteiger partial charge in [-0.3, -0.25) is 13.9 Å². The number of sulfonamides is 1. The molecular formula is C39H43Cl2N3O5S2. The summed E-state index contributed by atoms with van der Waals surface area (Å²) in [5.41, 5.74) is 1.57. The van der Waals surface area contributed by atoms with Crippen molar-refractivity contribution in [3.8, 4) is 5.75 Å². The summed E-state index contributed by atoms with van der Waals surface area (Å²) >= 11 is 14.8. The number of thioether (sulfide) groups is 1. The number of nitrogens with one attached hydrogen (secondary N) is 1. The second kappa shape index (κ2) is 18.2. The number of benzene rings is 4. The highest BCUT2D eigenvalue weighted by Crippen LogP contribution is 2.31. The van der Waals surface area contributed by atoms with Gasteiger partial charge in [0.05, 0.1) is 17.2 Å². The van der Waals surface area contributed by atoms with Crippen molar-refractivity contribution in [2.75, 3.05) is 23.7 Å². The molecule has 1 aliphatic carbocycles. The first-order valence-electron chi connectivity index (χ1n) is 17.1. The van der Waals surface area contributed by atoms with E-state index < -0.39 is 28.5 Å². The van der Waals surface area contributed by atoms with Crippen LogP contribution in [0.1, 0.15) is 50.2 Å². The number of anilines is 1. The number of ether oxygens (including phenoxy) is 1. The quantitative estimate of drug-likeness (QED) is 0.122. The van der Waals surface area contributed by atoms with E-state index in [1.165, 1.54) is 28.8 Å². The van der Waals surface area contributed by atoms with Crippen molar-refractivity contribution in [3.05, 3.63) is 118 Å². The van der Waals surface area contributed by atoms with Crippen LogP contribution in [-0.4, -0.2) is 56.6 Å². The molecule has 1 aliphatic rings. The van der Waals surface area contributed by atoms with Crippen LogP contribution in [0.25, 0.3) is 0 Å². The summed E-state index contributed by atoms with van der Waals surface area (Å²) < 4.78 is 35.5. The maximum absolute atomic E-state index is 14.9. The van der Waals surface area contributed by atoms with E-state index in [0.717, 1.165) is 46.9 Å². The summed E-state index contributed by atoms with van der Waals surface area (Å²) in [6, 6.07) is 26.6. The Hall–Kier alpha value is -3.70. The van der Waals surface area contributed by atoms with Gasteiger partial charge < -0.3 is 15.0 Å². The van der Waals surface area contributed by atoms with Crippen LogP contribution in [0.3, 0.4) is 0 Å². The topological polar surface area (TPSA) is 96.0 Å². The molecule has 1 atom stereocenters. The van der Waals surface area contributed by atoms with E-state index in [9.17, 15) is 18.0 Å². The van der Waals surface area contributed by atoms with E-state index in [2.05, 4.69) is 5.32 Å². The second-order valence-electron chi connectivity index (χ2n) is 12.4. The van der Waals surface area contributed by atoms with E-state index in [-0.39, 0.29) is 35.5 Å². The summed E-state index contributed by atoms with van der Waals surface area (Å²) in [7, 11) is -4.27. The summed E-state index contributed by atoms with van der Waals surface area (Å²) in [6.07, 6.45) is 6.95. The number of carbonyl (C=O) groups excluding carboxylic acids is 2. The van der Waals surface area contributed by atoms with Gasteiger partial charge in [0.1, 0.15) is 18.3 Å². The van der Waals surface area contributed by atoms with Gasteiger partial charge >= 0.3 is 0 Å². The molecule has 0 aromatic heterocycles. The largest absolute Gasteiger partial charge is 0.494 e. The number of hydrogen-bond acceptors (Lipinski definition) is 6. The summed E-state index contributed by atoms with van der Waals surface area (Å²) in [5.74, 6) is -0.346. The minimum absolute atomic E-state index is 0.0182. The second-order valence-corrected chi connectivity index (χ2v) is 15.9. The molecule has 4 aromatic carbocycles. The molecule has 1 N–H and O–H groups in total. The molecule has 51 heavy (non-hydrogen) atoms. The molecule has 0 bridgehead atoms. The summed E-state index contributed by atoms with van der Waals surface area (Å²) in [6.45, 7) is 1.59. The number of amides is 2. The molecule has 0 spiro atoms. The van der Waals surface area contributed by atoms with Crippen LogP contribution in [0.15, 0.2) is 107 Å². The van der Waals surface area contributed by atoms with Crippen molar-refractivity contribution in [2.24, 2.45) is 0 Å². The lowest BCUT2D eigenvalue weighted by Crippen LogP contribution is -2.55. The minimum atomic E-state index is -4.27. The Labute approximate surface area is 315 Å². The van der Waals surface area contributed by atoms with Gasteiger partial charge in [-0.15, -0.1) is 11.8 Å². The lowest BCUT2D eigenvalue weighted by molar-refractivity contribution is -0.140. The Bertz CT molecular complexity index is 1850. The molecule has 0 saturated heterocycles. The van der Waals surface area contributed by atoms with E-state index >= 15 is 0 Å². The van der Waals surface area contributed by atoms with Crippen molar-refractivity contribution in [3.63, 3.8) is 0 Å². The zero-order valence-corrected chi connectivity index (χ0v) is 31.9. The van der Waals surface area contributed by atoms with Gasteiger partial charge in [0.25, 0.3) is 10.0 Å². The molecular weight excluding hydrogens is 725 g/mol. The van der Waals surface area contributed by atoms with Crippen molar-refractivity contribution >= 4 is 62.5 Å². The number of hydrogen-bond donors (Lipinski definition) is 1. The SMILES string of the molecule is CCOc1ccc(N(CC(=O)N(Cc2c(Cl)cccc2Cl)C(Cc2ccccc2)C(=O)NC2CCCCC2)S(=O)(=O)c2ccc(SC)cc2)cc1. The van der Waals surface area contributed by atoms with Crippen molar-refractivity contribution in [2.45, 2.75) is 73.9 Å². The van der Waals surface area contributed by atoms with Gasteiger partial charge in [0, 0.05) is 39.5 Å². The Balaban J connectivity index is 1.59. The predicted molar refractivity (Wildman–Crippen MR) is 206 cm³/mol. The van der Waals surface area contributed by atoms with Gasteiger partial charge in [-0.05, 0) is 92.2 Å². The Morgan fingerprint density at radius 2 is 1.53 bits per heavy atom. The van der Waals surface area contributed by atoms with Crippen LogP contribution in [0.2, 0.25) is 10.0 Å². The van der Waals surface area contributed by atoms with Gasteiger partial charge in [-0.25, -0.2) is 8.42 Å².